The van der Waals surface area contributed by atoms with Crippen LogP contribution in [0.1, 0.15) is 28.4 Å². The molecule has 4 nitrogen and oxygen atoms in total. The Labute approximate surface area is 134 Å². The Morgan fingerprint density at radius 3 is 2.36 bits per heavy atom. The van der Waals surface area contributed by atoms with Crippen molar-refractivity contribution in [1.82, 2.24) is 0 Å². The molecule has 0 aliphatic carbocycles. The highest BCUT2D eigenvalue weighted by Gasteiger charge is 2.21. The second-order valence-corrected chi connectivity index (χ2v) is 6.47. The van der Waals surface area contributed by atoms with Crippen LogP contribution < -0.4 is 4.90 Å². The lowest BCUT2D eigenvalue weighted by molar-refractivity contribution is -0.122. The van der Waals surface area contributed by atoms with Gasteiger partial charge >= 0.3 is 5.97 Å². The number of benzene rings is 1. The maximum Gasteiger partial charge on any atom is 0.348 e. The van der Waals surface area contributed by atoms with E-state index in [-0.39, 0.29) is 18.6 Å². The standard InChI is InChI=1S/C17H19NO3S/c1-12(2)18(14-7-5-4-6-8-14)16(19)11-21-17(20)15-10-9-13(3)22-15/h4-10,12H,11H2,1-3H3. The van der Waals surface area contributed by atoms with E-state index in [1.54, 1.807) is 11.0 Å². The Bertz CT molecular complexity index is 649. The Morgan fingerprint density at radius 2 is 1.82 bits per heavy atom. The molecule has 0 bridgehead atoms. The molecular weight excluding hydrogens is 298 g/mol. The first kappa shape index (κ1) is 16.2. The van der Waals surface area contributed by atoms with E-state index in [9.17, 15) is 9.59 Å². The molecule has 0 radical (unpaired) electrons. The van der Waals surface area contributed by atoms with E-state index in [4.69, 9.17) is 4.74 Å². The summed E-state index contributed by atoms with van der Waals surface area (Å²) in [6, 6.07) is 12.9. The van der Waals surface area contributed by atoms with Crippen molar-refractivity contribution in [3.05, 3.63) is 52.2 Å². The van der Waals surface area contributed by atoms with Crippen LogP contribution in [-0.2, 0) is 9.53 Å². The van der Waals surface area contributed by atoms with Gasteiger partial charge in [0.1, 0.15) is 4.88 Å². The van der Waals surface area contributed by atoms with Crippen molar-refractivity contribution in [2.75, 3.05) is 11.5 Å². The highest BCUT2D eigenvalue weighted by atomic mass is 32.1. The number of carbonyl (C=O) groups excluding carboxylic acids is 2. The molecular formula is C17H19NO3S. The average molecular weight is 317 g/mol. The van der Waals surface area contributed by atoms with E-state index in [1.165, 1.54) is 11.3 Å². The Morgan fingerprint density at radius 1 is 1.14 bits per heavy atom. The number of amides is 1. The van der Waals surface area contributed by atoms with E-state index < -0.39 is 5.97 Å². The number of thiophene rings is 1. The zero-order valence-corrected chi connectivity index (χ0v) is 13.7. The van der Waals surface area contributed by atoms with Crippen LogP contribution in [0.5, 0.6) is 0 Å². The Hall–Kier alpha value is -2.14. The second-order valence-electron chi connectivity index (χ2n) is 5.18. The van der Waals surface area contributed by atoms with Crippen LogP contribution in [0.25, 0.3) is 0 Å². The van der Waals surface area contributed by atoms with Crippen molar-refractivity contribution in [3.63, 3.8) is 0 Å². The highest BCUT2D eigenvalue weighted by molar-refractivity contribution is 7.13. The first-order valence-corrected chi connectivity index (χ1v) is 7.91. The van der Waals surface area contributed by atoms with E-state index in [2.05, 4.69) is 0 Å². The lowest BCUT2D eigenvalue weighted by Gasteiger charge is -2.26. The summed E-state index contributed by atoms with van der Waals surface area (Å²) in [5.41, 5.74) is 0.797. The number of nitrogens with zero attached hydrogens (tertiary/aromatic N) is 1. The minimum absolute atomic E-state index is 0.0161. The van der Waals surface area contributed by atoms with Gasteiger partial charge in [-0.3, -0.25) is 4.79 Å². The predicted molar refractivity (Wildman–Crippen MR) is 88.4 cm³/mol. The number of ether oxygens (including phenoxy) is 1. The van der Waals surface area contributed by atoms with Crippen LogP contribution in [-0.4, -0.2) is 24.5 Å². The smallest absolute Gasteiger partial charge is 0.348 e. The molecule has 2 rings (SSSR count). The molecule has 0 atom stereocenters. The van der Waals surface area contributed by atoms with Gasteiger partial charge in [0.25, 0.3) is 5.91 Å². The zero-order valence-electron chi connectivity index (χ0n) is 12.9. The zero-order chi connectivity index (χ0) is 16.1. The number of esters is 1. The molecule has 1 aromatic carbocycles. The van der Waals surface area contributed by atoms with Gasteiger partial charge < -0.3 is 9.64 Å². The van der Waals surface area contributed by atoms with Crippen molar-refractivity contribution in [2.24, 2.45) is 0 Å². The minimum Gasteiger partial charge on any atom is -0.451 e. The fourth-order valence-electron chi connectivity index (χ4n) is 2.13. The molecule has 0 unspecified atom stereocenters. The summed E-state index contributed by atoms with van der Waals surface area (Å²) in [5, 5.41) is 0. The Kier molecular flexibility index (Phi) is 5.33. The SMILES string of the molecule is Cc1ccc(C(=O)OCC(=O)N(c2ccccc2)C(C)C)s1. The summed E-state index contributed by atoms with van der Waals surface area (Å²) in [7, 11) is 0. The molecule has 1 amide bonds. The van der Waals surface area contributed by atoms with E-state index in [0.717, 1.165) is 10.6 Å². The summed E-state index contributed by atoms with van der Waals surface area (Å²) in [4.78, 5) is 27.5. The van der Waals surface area contributed by atoms with Crippen LogP contribution in [0, 0.1) is 6.92 Å². The number of carbonyl (C=O) groups is 2. The molecule has 0 aliphatic rings. The van der Waals surface area contributed by atoms with Gasteiger partial charge in [0, 0.05) is 16.6 Å². The number of anilines is 1. The Balaban J connectivity index is 2.02. The van der Waals surface area contributed by atoms with Crippen molar-refractivity contribution in [1.29, 1.82) is 0 Å². The lowest BCUT2D eigenvalue weighted by atomic mass is 10.2. The quantitative estimate of drug-likeness (QED) is 0.791. The fraction of sp³-hybridized carbons (Fsp3) is 0.294. The average Bonchev–Trinajstić information content (AvgIpc) is 2.92. The van der Waals surface area contributed by atoms with Crippen molar-refractivity contribution < 1.29 is 14.3 Å². The maximum absolute atomic E-state index is 12.4. The summed E-state index contributed by atoms with van der Waals surface area (Å²) in [6.07, 6.45) is 0. The molecule has 116 valence electrons. The third-order valence-corrected chi connectivity index (χ3v) is 4.07. The predicted octanol–water partition coefficient (Wildman–Crippen LogP) is 3.65. The molecule has 1 aromatic heterocycles. The van der Waals surface area contributed by atoms with Gasteiger partial charge in [0.15, 0.2) is 6.61 Å². The normalized spacial score (nSPS) is 10.5. The van der Waals surface area contributed by atoms with Gasteiger partial charge in [-0.05, 0) is 45.0 Å². The maximum atomic E-state index is 12.4. The van der Waals surface area contributed by atoms with E-state index in [1.807, 2.05) is 57.2 Å². The molecule has 0 spiro atoms. The van der Waals surface area contributed by atoms with Crippen molar-refractivity contribution in [2.45, 2.75) is 26.8 Å². The first-order chi connectivity index (χ1) is 10.5. The molecule has 0 aliphatic heterocycles. The number of aryl methyl sites for hydroxylation is 1. The third kappa shape index (κ3) is 3.95. The molecule has 5 heteroatoms. The van der Waals surface area contributed by atoms with Crippen molar-refractivity contribution in [3.8, 4) is 0 Å². The van der Waals surface area contributed by atoms with Crippen LogP contribution in [0.2, 0.25) is 0 Å². The minimum atomic E-state index is -0.455. The number of hydrogen-bond donors (Lipinski definition) is 0. The van der Waals surface area contributed by atoms with Gasteiger partial charge in [-0.15, -0.1) is 11.3 Å². The number of hydrogen-bond acceptors (Lipinski definition) is 4. The molecule has 0 saturated carbocycles. The van der Waals surface area contributed by atoms with Gasteiger partial charge in [-0.1, -0.05) is 18.2 Å². The topological polar surface area (TPSA) is 46.6 Å². The largest absolute Gasteiger partial charge is 0.451 e. The third-order valence-electron chi connectivity index (χ3n) is 3.09. The summed E-state index contributed by atoms with van der Waals surface area (Å²) in [6.45, 7) is 5.51. The number of rotatable bonds is 5. The molecule has 1 heterocycles. The lowest BCUT2D eigenvalue weighted by Crippen LogP contribution is -2.39. The van der Waals surface area contributed by atoms with Crippen LogP contribution in [0.15, 0.2) is 42.5 Å². The van der Waals surface area contributed by atoms with E-state index in [0.29, 0.717) is 4.88 Å². The molecule has 22 heavy (non-hydrogen) atoms. The van der Waals surface area contributed by atoms with Crippen LogP contribution in [0.4, 0.5) is 5.69 Å². The van der Waals surface area contributed by atoms with Gasteiger partial charge in [-0.2, -0.15) is 0 Å². The van der Waals surface area contributed by atoms with E-state index >= 15 is 0 Å². The molecule has 0 saturated heterocycles. The summed E-state index contributed by atoms with van der Waals surface area (Å²) < 4.78 is 5.14. The highest BCUT2D eigenvalue weighted by Crippen LogP contribution is 2.18. The monoisotopic (exact) mass is 317 g/mol. The molecule has 2 aromatic rings. The van der Waals surface area contributed by atoms with Gasteiger partial charge in [0.2, 0.25) is 0 Å². The summed E-state index contributed by atoms with van der Waals surface area (Å²) in [5.74, 6) is -0.689. The van der Waals surface area contributed by atoms with Crippen LogP contribution in [0.3, 0.4) is 0 Å². The summed E-state index contributed by atoms with van der Waals surface area (Å²) >= 11 is 1.36. The van der Waals surface area contributed by atoms with Crippen LogP contribution >= 0.6 is 11.3 Å². The first-order valence-electron chi connectivity index (χ1n) is 7.09. The number of para-hydroxylation sites is 1. The molecule has 0 N–H and O–H groups in total. The van der Waals surface area contributed by atoms with Gasteiger partial charge in [0.05, 0.1) is 0 Å². The van der Waals surface area contributed by atoms with Gasteiger partial charge in [-0.25, -0.2) is 4.79 Å². The second kappa shape index (κ2) is 7.22. The van der Waals surface area contributed by atoms with Crippen molar-refractivity contribution >= 4 is 28.9 Å². The molecule has 0 fully saturated rings. The fourth-order valence-corrected chi connectivity index (χ4v) is 2.89.